The fraction of sp³-hybridized carbons (Fsp3) is 0. The van der Waals surface area contributed by atoms with Crippen LogP contribution in [0.3, 0.4) is 0 Å². The molecule has 0 saturated heterocycles. The van der Waals surface area contributed by atoms with Crippen molar-refractivity contribution >= 4 is 38.7 Å². The molecule has 0 unspecified atom stereocenters. The van der Waals surface area contributed by atoms with Crippen LogP contribution in [-0.2, 0) is 10.0 Å². The number of benzene rings is 2. The van der Waals surface area contributed by atoms with E-state index in [2.05, 4.69) is 26.3 Å². The summed E-state index contributed by atoms with van der Waals surface area (Å²) >= 11 is 6.23. The normalized spacial score (nSPS) is 11.2. The van der Waals surface area contributed by atoms with E-state index in [9.17, 15) is 8.42 Å². The molecule has 0 radical (unpaired) electrons. The highest BCUT2D eigenvalue weighted by atomic mass is 35.5. The number of pyridine rings is 1. The van der Waals surface area contributed by atoms with Gasteiger partial charge in [-0.1, -0.05) is 48.5 Å². The van der Waals surface area contributed by atoms with Crippen LogP contribution in [0.25, 0.3) is 16.8 Å². The molecule has 4 aromatic rings. The van der Waals surface area contributed by atoms with Crippen molar-refractivity contribution in [3.8, 4) is 11.3 Å². The number of sulfonamides is 1. The number of nitrogens with zero attached hydrogens (tertiary/aromatic N) is 3. The Labute approximate surface area is 190 Å². The zero-order chi connectivity index (χ0) is 22.7. The molecule has 0 atom stereocenters. The lowest BCUT2D eigenvalue weighted by molar-refractivity contribution is 0.601. The van der Waals surface area contributed by atoms with Crippen molar-refractivity contribution in [3.05, 3.63) is 102 Å². The van der Waals surface area contributed by atoms with Gasteiger partial charge in [0, 0.05) is 34.8 Å². The smallest absolute Gasteiger partial charge is 0.263 e. The Bertz CT molecular complexity index is 1390. The van der Waals surface area contributed by atoms with Crippen LogP contribution in [-0.4, -0.2) is 23.4 Å². The Morgan fingerprint density at radius 3 is 2.53 bits per heavy atom. The second-order valence-electron chi connectivity index (χ2n) is 6.83. The van der Waals surface area contributed by atoms with Crippen LogP contribution in [0.1, 0.15) is 11.3 Å². The number of nitrogens with one attached hydrogen (secondary N) is 1. The molecule has 0 aliphatic carbocycles. The van der Waals surface area contributed by atoms with Gasteiger partial charge in [-0.3, -0.25) is 9.71 Å². The number of para-hydroxylation sites is 1. The topological polar surface area (TPSA) is 111 Å². The minimum Gasteiger partial charge on any atom is -0.382 e. The number of nitrogen functional groups attached to an aromatic ring is 1. The maximum Gasteiger partial charge on any atom is 0.263 e. The van der Waals surface area contributed by atoms with Gasteiger partial charge in [0.1, 0.15) is 16.4 Å². The number of anilines is 2. The Kier molecular flexibility index (Phi) is 5.89. The van der Waals surface area contributed by atoms with Gasteiger partial charge >= 0.3 is 0 Å². The Morgan fingerprint density at radius 2 is 1.81 bits per heavy atom. The second kappa shape index (κ2) is 8.78. The lowest BCUT2D eigenvalue weighted by Crippen LogP contribution is -2.13. The third-order valence-electron chi connectivity index (χ3n) is 4.64. The van der Waals surface area contributed by atoms with E-state index in [1.165, 1.54) is 18.3 Å². The summed E-state index contributed by atoms with van der Waals surface area (Å²) < 4.78 is 28.4. The highest BCUT2D eigenvalue weighted by molar-refractivity contribution is 7.92. The van der Waals surface area contributed by atoms with Gasteiger partial charge in [-0.2, -0.15) is 0 Å². The SMILES string of the molecule is C=C(c1cccnc1)c1nc(-c2ccc(Cl)c(S(=O)(=O)Nc3ccccc3)c2)cnc1N. The number of hydrogen-bond donors (Lipinski definition) is 2. The standard InChI is InChI=1S/C23H18ClN5O2S/c1-15(17-6-5-11-26-13-17)22-23(25)27-14-20(28-22)16-9-10-19(24)21(12-16)32(30,31)29-18-7-3-2-4-8-18/h2-14,29H,1H2,(H2,25,27). The van der Waals surface area contributed by atoms with Gasteiger partial charge in [0.05, 0.1) is 16.9 Å². The lowest BCUT2D eigenvalue weighted by atomic mass is 10.1. The van der Waals surface area contributed by atoms with Gasteiger partial charge in [0.2, 0.25) is 0 Å². The maximum absolute atomic E-state index is 12.9. The summed E-state index contributed by atoms with van der Waals surface area (Å²) in [6.45, 7) is 4.06. The number of nitrogens with two attached hydrogens (primary N) is 1. The number of hydrogen-bond acceptors (Lipinski definition) is 6. The average molecular weight is 464 g/mol. The third kappa shape index (κ3) is 4.46. The predicted octanol–water partition coefficient (Wildman–Crippen LogP) is 4.64. The minimum atomic E-state index is -3.93. The van der Waals surface area contributed by atoms with Crippen LogP contribution < -0.4 is 10.5 Å². The van der Waals surface area contributed by atoms with Crippen molar-refractivity contribution in [1.29, 1.82) is 0 Å². The van der Waals surface area contributed by atoms with Gasteiger partial charge in [0.15, 0.2) is 0 Å². The summed E-state index contributed by atoms with van der Waals surface area (Å²) in [6, 6.07) is 16.8. The first-order valence-corrected chi connectivity index (χ1v) is 11.3. The van der Waals surface area contributed by atoms with Gasteiger partial charge in [-0.05, 0) is 30.3 Å². The highest BCUT2D eigenvalue weighted by Gasteiger charge is 2.20. The summed E-state index contributed by atoms with van der Waals surface area (Å²) in [6.07, 6.45) is 4.78. The van der Waals surface area contributed by atoms with Crippen molar-refractivity contribution < 1.29 is 8.42 Å². The molecule has 9 heteroatoms. The van der Waals surface area contributed by atoms with E-state index in [1.807, 2.05) is 6.07 Å². The van der Waals surface area contributed by atoms with Crippen molar-refractivity contribution in [3.63, 3.8) is 0 Å². The third-order valence-corrected chi connectivity index (χ3v) is 6.50. The molecular weight excluding hydrogens is 446 g/mol. The first-order chi connectivity index (χ1) is 15.3. The van der Waals surface area contributed by atoms with E-state index in [4.69, 9.17) is 17.3 Å². The van der Waals surface area contributed by atoms with Crippen molar-refractivity contribution in [2.45, 2.75) is 4.90 Å². The molecule has 0 bridgehead atoms. The van der Waals surface area contributed by atoms with Crippen molar-refractivity contribution in [2.75, 3.05) is 10.5 Å². The van der Waals surface area contributed by atoms with E-state index in [-0.39, 0.29) is 15.7 Å². The molecule has 2 aromatic carbocycles. The molecule has 3 N–H and O–H groups in total. The summed E-state index contributed by atoms with van der Waals surface area (Å²) in [5.41, 5.74) is 9.08. The lowest BCUT2D eigenvalue weighted by Gasteiger charge is -2.12. The molecule has 0 aliphatic rings. The zero-order valence-electron chi connectivity index (χ0n) is 16.7. The zero-order valence-corrected chi connectivity index (χ0v) is 18.3. The van der Waals surface area contributed by atoms with Gasteiger partial charge < -0.3 is 5.73 Å². The molecule has 32 heavy (non-hydrogen) atoms. The molecular formula is C23H18ClN5O2S. The van der Waals surface area contributed by atoms with Crippen LogP contribution in [0.5, 0.6) is 0 Å². The summed E-state index contributed by atoms with van der Waals surface area (Å²) in [4.78, 5) is 12.8. The number of rotatable bonds is 6. The minimum absolute atomic E-state index is 0.0771. The molecule has 0 aliphatic heterocycles. The first-order valence-electron chi connectivity index (χ1n) is 9.45. The van der Waals surface area contributed by atoms with Gasteiger partial charge in [-0.15, -0.1) is 0 Å². The molecule has 0 fully saturated rings. The molecule has 4 rings (SSSR count). The number of aromatic nitrogens is 3. The largest absolute Gasteiger partial charge is 0.382 e. The van der Waals surface area contributed by atoms with Crippen molar-refractivity contribution in [1.82, 2.24) is 15.0 Å². The molecule has 0 spiro atoms. The van der Waals surface area contributed by atoms with E-state index < -0.39 is 10.0 Å². The van der Waals surface area contributed by atoms with E-state index >= 15 is 0 Å². The molecule has 7 nitrogen and oxygen atoms in total. The molecule has 0 amide bonds. The summed E-state index contributed by atoms with van der Waals surface area (Å²) in [7, 11) is -3.93. The van der Waals surface area contributed by atoms with E-state index in [0.717, 1.165) is 5.56 Å². The molecule has 160 valence electrons. The van der Waals surface area contributed by atoms with Crippen LogP contribution in [0.4, 0.5) is 11.5 Å². The Balaban J connectivity index is 1.73. The van der Waals surface area contributed by atoms with Gasteiger partial charge in [-0.25, -0.2) is 18.4 Å². The maximum atomic E-state index is 12.9. The van der Waals surface area contributed by atoms with Gasteiger partial charge in [0.25, 0.3) is 10.0 Å². The molecule has 2 aromatic heterocycles. The number of halogens is 1. The van der Waals surface area contributed by atoms with E-state index in [1.54, 1.807) is 54.9 Å². The van der Waals surface area contributed by atoms with Crippen molar-refractivity contribution in [2.24, 2.45) is 0 Å². The predicted molar refractivity (Wildman–Crippen MR) is 127 cm³/mol. The van der Waals surface area contributed by atoms with Crippen LogP contribution in [0.15, 0.2) is 90.7 Å². The Hall–Kier alpha value is -3.75. The quantitative estimate of drug-likeness (QED) is 0.431. The Morgan fingerprint density at radius 1 is 1.03 bits per heavy atom. The first kappa shape index (κ1) is 21.5. The fourth-order valence-electron chi connectivity index (χ4n) is 3.02. The monoisotopic (exact) mass is 463 g/mol. The average Bonchev–Trinajstić information content (AvgIpc) is 2.80. The highest BCUT2D eigenvalue weighted by Crippen LogP contribution is 2.31. The summed E-state index contributed by atoms with van der Waals surface area (Å²) in [5, 5.41) is 0.0839. The second-order valence-corrected chi connectivity index (χ2v) is 8.88. The van der Waals surface area contributed by atoms with Crippen LogP contribution >= 0.6 is 11.6 Å². The van der Waals surface area contributed by atoms with Crippen LogP contribution in [0, 0.1) is 0 Å². The van der Waals surface area contributed by atoms with Crippen LogP contribution in [0.2, 0.25) is 5.02 Å². The molecule has 0 saturated carbocycles. The van der Waals surface area contributed by atoms with E-state index in [0.29, 0.717) is 28.2 Å². The molecule has 2 heterocycles. The fourth-order valence-corrected chi connectivity index (χ4v) is 4.61. The summed E-state index contributed by atoms with van der Waals surface area (Å²) in [5.74, 6) is 0.204.